The molecule has 2 aromatic carbocycles. The first-order valence-corrected chi connectivity index (χ1v) is 11.8. The van der Waals surface area contributed by atoms with Crippen LogP contribution in [0.25, 0.3) is 6.08 Å². The standard InChI is InChI=1S/C24H26ClFN2OS/c25-20-9-5-8-19(17-20)24-28(14-6-13-27-11-2-1-3-12-27)23(29)22(30-24)16-18-7-4-10-21(26)15-18/h4-5,7-10,15-17,24H,1-3,6,11-14H2. The molecule has 0 radical (unpaired) electrons. The highest BCUT2D eigenvalue weighted by molar-refractivity contribution is 8.04. The zero-order valence-corrected chi connectivity index (χ0v) is 18.5. The quantitative estimate of drug-likeness (QED) is 0.513. The first-order chi connectivity index (χ1) is 14.6. The van der Waals surface area contributed by atoms with Gasteiger partial charge in [-0.3, -0.25) is 4.79 Å². The number of amides is 1. The Balaban J connectivity index is 1.53. The highest BCUT2D eigenvalue weighted by Gasteiger charge is 2.36. The van der Waals surface area contributed by atoms with Crippen molar-refractivity contribution >= 4 is 35.3 Å². The van der Waals surface area contributed by atoms with E-state index in [1.54, 1.807) is 12.1 Å². The van der Waals surface area contributed by atoms with Gasteiger partial charge in [-0.2, -0.15) is 0 Å². The van der Waals surface area contributed by atoms with E-state index in [2.05, 4.69) is 4.90 Å². The van der Waals surface area contributed by atoms with Crippen LogP contribution in [0.4, 0.5) is 4.39 Å². The number of nitrogens with zero attached hydrogens (tertiary/aromatic N) is 2. The maximum absolute atomic E-state index is 13.6. The lowest BCUT2D eigenvalue weighted by Crippen LogP contribution is -2.34. The summed E-state index contributed by atoms with van der Waals surface area (Å²) in [5.74, 6) is -0.294. The molecule has 0 bridgehead atoms. The number of thioether (sulfide) groups is 1. The summed E-state index contributed by atoms with van der Waals surface area (Å²) >= 11 is 7.74. The highest BCUT2D eigenvalue weighted by atomic mass is 35.5. The van der Waals surface area contributed by atoms with Crippen molar-refractivity contribution in [1.29, 1.82) is 0 Å². The van der Waals surface area contributed by atoms with Gasteiger partial charge < -0.3 is 9.80 Å². The molecule has 30 heavy (non-hydrogen) atoms. The molecule has 0 N–H and O–H groups in total. The van der Waals surface area contributed by atoms with Crippen LogP contribution in [0, 0.1) is 5.82 Å². The Bertz CT molecular complexity index is 929. The lowest BCUT2D eigenvalue weighted by atomic mass is 10.1. The number of hydrogen-bond donors (Lipinski definition) is 0. The van der Waals surface area contributed by atoms with Crippen molar-refractivity contribution in [2.75, 3.05) is 26.2 Å². The molecule has 1 unspecified atom stereocenters. The highest BCUT2D eigenvalue weighted by Crippen LogP contribution is 2.46. The van der Waals surface area contributed by atoms with Crippen molar-refractivity contribution < 1.29 is 9.18 Å². The van der Waals surface area contributed by atoms with Gasteiger partial charge in [-0.15, -0.1) is 0 Å². The number of carbonyl (C=O) groups is 1. The summed E-state index contributed by atoms with van der Waals surface area (Å²) in [4.78, 5) is 18.3. The van der Waals surface area contributed by atoms with Crippen LogP contribution in [-0.4, -0.2) is 41.9 Å². The monoisotopic (exact) mass is 444 g/mol. The summed E-state index contributed by atoms with van der Waals surface area (Å²) in [7, 11) is 0. The first-order valence-electron chi connectivity index (χ1n) is 10.5. The summed E-state index contributed by atoms with van der Waals surface area (Å²) in [6, 6.07) is 14.0. The smallest absolute Gasteiger partial charge is 0.261 e. The molecule has 1 atom stereocenters. The molecule has 2 aliphatic heterocycles. The molecule has 2 heterocycles. The topological polar surface area (TPSA) is 23.6 Å². The average Bonchev–Trinajstić information content (AvgIpc) is 3.04. The van der Waals surface area contributed by atoms with Gasteiger partial charge in [0.1, 0.15) is 11.2 Å². The van der Waals surface area contributed by atoms with E-state index >= 15 is 0 Å². The predicted octanol–water partition coefficient (Wildman–Crippen LogP) is 5.97. The maximum atomic E-state index is 13.6. The molecule has 2 fully saturated rings. The fraction of sp³-hybridized carbons (Fsp3) is 0.375. The van der Waals surface area contributed by atoms with Crippen LogP contribution in [0.1, 0.15) is 42.2 Å². The van der Waals surface area contributed by atoms with Gasteiger partial charge in [-0.25, -0.2) is 4.39 Å². The van der Waals surface area contributed by atoms with Gasteiger partial charge in [0, 0.05) is 11.6 Å². The third-order valence-corrected chi connectivity index (χ3v) is 7.13. The van der Waals surface area contributed by atoms with E-state index in [0.717, 1.165) is 31.6 Å². The van der Waals surface area contributed by atoms with Gasteiger partial charge in [-0.1, -0.05) is 54.0 Å². The summed E-state index contributed by atoms with van der Waals surface area (Å²) < 4.78 is 13.6. The third kappa shape index (κ3) is 5.26. The number of piperidine rings is 1. The second-order valence-corrected chi connectivity index (χ2v) is 9.40. The minimum Gasteiger partial charge on any atom is -0.322 e. The van der Waals surface area contributed by atoms with Crippen molar-refractivity contribution in [2.24, 2.45) is 0 Å². The van der Waals surface area contributed by atoms with Crippen LogP contribution < -0.4 is 0 Å². The summed E-state index contributed by atoms with van der Waals surface area (Å²) in [5.41, 5.74) is 1.72. The molecule has 2 saturated heterocycles. The second-order valence-electron chi connectivity index (χ2n) is 7.84. The lowest BCUT2D eigenvalue weighted by molar-refractivity contribution is -0.126. The van der Waals surface area contributed by atoms with Gasteiger partial charge >= 0.3 is 0 Å². The normalized spacial score (nSPS) is 21.5. The van der Waals surface area contributed by atoms with Crippen LogP contribution >= 0.6 is 23.4 Å². The van der Waals surface area contributed by atoms with Crippen LogP contribution in [0.3, 0.4) is 0 Å². The maximum Gasteiger partial charge on any atom is 0.261 e. The van der Waals surface area contributed by atoms with E-state index < -0.39 is 0 Å². The minimum absolute atomic E-state index is 0.00730. The van der Waals surface area contributed by atoms with Gasteiger partial charge in [0.15, 0.2) is 0 Å². The molecular formula is C24H26ClFN2OS. The van der Waals surface area contributed by atoms with Crippen LogP contribution in [-0.2, 0) is 4.79 Å². The molecule has 2 aliphatic rings. The van der Waals surface area contributed by atoms with E-state index in [9.17, 15) is 9.18 Å². The Labute approximate surface area is 186 Å². The van der Waals surface area contributed by atoms with Crippen molar-refractivity contribution in [2.45, 2.75) is 31.1 Å². The second kappa shape index (κ2) is 9.99. The van der Waals surface area contributed by atoms with Crippen LogP contribution in [0.5, 0.6) is 0 Å². The largest absolute Gasteiger partial charge is 0.322 e. The van der Waals surface area contributed by atoms with Crippen molar-refractivity contribution in [3.63, 3.8) is 0 Å². The summed E-state index contributed by atoms with van der Waals surface area (Å²) in [6.45, 7) is 4.02. The molecule has 0 spiro atoms. The minimum atomic E-state index is -0.301. The number of hydrogen-bond acceptors (Lipinski definition) is 3. The number of carbonyl (C=O) groups excluding carboxylic acids is 1. The SMILES string of the molecule is O=C1C(=Cc2cccc(F)c2)SC(c2cccc(Cl)c2)N1CCCN1CCCCC1. The van der Waals surface area contributed by atoms with Crippen molar-refractivity contribution in [3.8, 4) is 0 Å². The fourth-order valence-corrected chi connectivity index (χ4v) is 5.57. The van der Waals surface area contributed by atoms with E-state index in [0.29, 0.717) is 22.0 Å². The molecule has 1 amide bonds. The number of likely N-dealkylation sites (tertiary alicyclic amines) is 1. The van der Waals surface area contributed by atoms with Gasteiger partial charge in [-0.05, 0) is 80.4 Å². The Morgan fingerprint density at radius 3 is 2.63 bits per heavy atom. The van der Waals surface area contributed by atoms with Crippen molar-refractivity contribution in [3.05, 3.63) is 75.4 Å². The Morgan fingerprint density at radius 2 is 1.87 bits per heavy atom. The Morgan fingerprint density at radius 1 is 1.07 bits per heavy atom. The summed E-state index contributed by atoms with van der Waals surface area (Å²) in [6.07, 6.45) is 6.59. The third-order valence-electron chi connectivity index (χ3n) is 5.60. The van der Waals surface area contributed by atoms with E-state index in [4.69, 9.17) is 11.6 Å². The Hall–Kier alpha value is -1.82. The predicted molar refractivity (Wildman–Crippen MR) is 123 cm³/mol. The van der Waals surface area contributed by atoms with Gasteiger partial charge in [0.2, 0.25) is 0 Å². The number of rotatable bonds is 6. The molecular weight excluding hydrogens is 419 g/mol. The first kappa shape index (κ1) is 21.4. The Kier molecular flexibility index (Phi) is 7.13. The molecule has 0 aliphatic carbocycles. The molecule has 2 aromatic rings. The lowest BCUT2D eigenvalue weighted by Gasteiger charge is -2.28. The van der Waals surface area contributed by atoms with E-state index in [1.807, 2.05) is 35.2 Å². The molecule has 0 saturated carbocycles. The number of benzene rings is 2. The average molecular weight is 445 g/mol. The molecule has 6 heteroatoms. The zero-order chi connectivity index (χ0) is 20.9. The van der Waals surface area contributed by atoms with E-state index in [1.165, 1.54) is 43.2 Å². The molecule has 0 aromatic heterocycles. The molecule has 3 nitrogen and oxygen atoms in total. The number of halogens is 2. The fourth-order valence-electron chi connectivity index (χ4n) is 4.10. The van der Waals surface area contributed by atoms with Gasteiger partial charge in [0.25, 0.3) is 5.91 Å². The van der Waals surface area contributed by atoms with Crippen LogP contribution in [0.15, 0.2) is 53.4 Å². The zero-order valence-electron chi connectivity index (χ0n) is 16.9. The van der Waals surface area contributed by atoms with E-state index in [-0.39, 0.29) is 17.1 Å². The molecule has 4 rings (SSSR count). The van der Waals surface area contributed by atoms with Gasteiger partial charge in [0.05, 0.1) is 4.91 Å². The van der Waals surface area contributed by atoms with Crippen LogP contribution in [0.2, 0.25) is 5.02 Å². The summed E-state index contributed by atoms with van der Waals surface area (Å²) in [5, 5.41) is 0.550. The van der Waals surface area contributed by atoms with Crippen molar-refractivity contribution in [1.82, 2.24) is 9.80 Å². The molecule has 158 valence electrons.